The summed E-state index contributed by atoms with van der Waals surface area (Å²) >= 11 is 1.68. The summed E-state index contributed by atoms with van der Waals surface area (Å²) in [6.07, 6.45) is 1.92. The highest BCUT2D eigenvalue weighted by atomic mass is 32.1. The van der Waals surface area contributed by atoms with Gasteiger partial charge in [0.15, 0.2) is 0 Å². The van der Waals surface area contributed by atoms with E-state index in [1.165, 1.54) is 10.3 Å². The van der Waals surface area contributed by atoms with Crippen LogP contribution in [0.1, 0.15) is 16.7 Å². The van der Waals surface area contributed by atoms with E-state index in [-0.39, 0.29) is 5.91 Å². The average molecular weight is 447 g/mol. The Morgan fingerprint density at radius 1 is 0.848 bits per heavy atom. The molecule has 5 aromatic rings. The highest BCUT2D eigenvalue weighted by Gasteiger charge is 2.13. The molecule has 0 saturated carbocycles. The summed E-state index contributed by atoms with van der Waals surface area (Å²) in [6.45, 7) is 2.09. The van der Waals surface area contributed by atoms with Gasteiger partial charge in [0.05, 0.1) is 10.2 Å². The molecule has 1 heterocycles. The third-order valence-electron chi connectivity index (χ3n) is 5.37. The Bertz CT molecular complexity index is 1440. The van der Waals surface area contributed by atoms with Gasteiger partial charge in [-0.2, -0.15) is 0 Å². The third kappa shape index (κ3) is 4.76. The van der Waals surface area contributed by atoms with Crippen LogP contribution in [0, 0.1) is 6.92 Å². The number of rotatable bonds is 5. The standard InChI is InChI=1S/C29H22N2OS/c1-20-12-17-26-27(18-20)33-29(31-26)23-13-15-24(16-14-23)30-28(32)25(22-10-6-3-7-11-22)19-21-8-4-2-5-9-21/h2-19H,1H3,(H,30,32)/b25-19+. The highest BCUT2D eigenvalue weighted by Crippen LogP contribution is 2.31. The zero-order valence-electron chi connectivity index (χ0n) is 18.2. The zero-order valence-corrected chi connectivity index (χ0v) is 19.0. The molecule has 0 aliphatic carbocycles. The Labute approximate surface area is 197 Å². The van der Waals surface area contributed by atoms with E-state index in [2.05, 4.69) is 30.4 Å². The van der Waals surface area contributed by atoms with Gasteiger partial charge in [-0.3, -0.25) is 4.79 Å². The number of nitrogens with one attached hydrogen (secondary N) is 1. The molecule has 0 aliphatic heterocycles. The Morgan fingerprint density at radius 3 is 2.27 bits per heavy atom. The highest BCUT2D eigenvalue weighted by molar-refractivity contribution is 7.21. The molecule has 0 aliphatic rings. The maximum absolute atomic E-state index is 13.2. The first-order valence-corrected chi connectivity index (χ1v) is 11.6. The van der Waals surface area contributed by atoms with Gasteiger partial charge in [0.1, 0.15) is 5.01 Å². The molecule has 0 atom stereocenters. The number of carbonyl (C=O) groups excluding carboxylic acids is 1. The number of hydrogen-bond acceptors (Lipinski definition) is 3. The molecule has 1 aromatic heterocycles. The Morgan fingerprint density at radius 2 is 1.55 bits per heavy atom. The molecule has 4 heteroatoms. The Balaban J connectivity index is 1.40. The molecule has 0 bridgehead atoms. The van der Waals surface area contributed by atoms with Crippen molar-refractivity contribution in [3.63, 3.8) is 0 Å². The van der Waals surface area contributed by atoms with Crippen LogP contribution in [0.4, 0.5) is 5.69 Å². The van der Waals surface area contributed by atoms with Gasteiger partial charge in [0, 0.05) is 16.8 Å². The van der Waals surface area contributed by atoms with E-state index in [1.807, 2.05) is 91.0 Å². The van der Waals surface area contributed by atoms with E-state index in [1.54, 1.807) is 11.3 Å². The zero-order chi connectivity index (χ0) is 22.6. The monoisotopic (exact) mass is 446 g/mol. The van der Waals surface area contributed by atoms with Gasteiger partial charge in [0.25, 0.3) is 5.91 Å². The van der Waals surface area contributed by atoms with Crippen LogP contribution in [0.5, 0.6) is 0 Å². The second-order valence-electron chi connectivity index (χ2n) is 7.86. The SMILES string of the molecule is Cc1ccc2nc(-c3ccc(NC(=O)/C(=C/c4ccccc4)c4ccccc4)cc3)sc2c1. The minimum Gasteiger partial charge on any atom is -0.322 e. The first-order valence-electron chi connectivity index (χ1n) is 10.8. The molecule has 0 spiro atoms. The molecule has 1 amide bonds. The van der Waals surface area contributed by atoms with Crippen LogP contribution in [0.3, 0.4) is 0 Å². The number of nitrogens with zero attached hydrogens (tertiary/aromatic N) is 1. The Kier molecular flexibility index (Phi) is 5.83. The molecule has 0 fully saturated rings. The van der Waals surface area contributed by atoms with Gasteiger partial charge in [-0.1, -0.05) is 66.7 Å². The van der Waals surface area contributed by atoms with E-state index < -0.39 is 0 Å². The second kappa shape index (κ2) is 9.23. The lowest BCUT2D eigenvalue weighted by atomic mass is 10.0. The molecule has 5 rings (SSSR count). The number of aryl methyl sites for hydroxylation is 1. The number of benzene rings is 4. The van der Waals surface area contributed by atoms with E-state index in [0.717, 1.165) is 32.9 Å². The van der Waals surface area contributed by atoms with Crippen molar-refractivity contribution in [1.82, 2.24) is 4.98 Å². The summed E-state index contributed by atoms with van der Waals surface area (Å²) in [5.41, 5.74) is 6.50. The quantitative estimate of drug-likeness (QED) is 0.225. The predicted octanol–water partition coefficient (Wildman–Crippen LogP) is 7.45. The lowest BCUT2D eigenvalue weighted by molar-refractivity contribution is -0.111. The van der Waals surface area contributed by atoms with Crippen molar-refractivity contribution >= 4 is 44.8 Å². The maximum Gasteiger partial charge on any atom is 0.256 e. The fraction of sp³-hybridized carbons (Fsp3) is 0.0345. The average Bonchev–Trinajstić information content (AvgIpc) is 3.27. The molecule has 0 unspecified atom stereocenters. The molecule has 0 radical (unpaired) electrons. The van der Waals surface area contributed by atoms with Crippen molar-refractivity contribution in [3.8, 4) is 10.6 Å². The van der Waals surface area contributed by atoms with E-state index in [4.69, 9.17) is 4.98 Å². The van der Waals surface area contributed by atoms with E-state index in [0.29, 0.717) is 5.57 Å². The molecule has 4 aromatic carbocycles. The van der Waals surface area contributed by atoms with Crippen LogP contribution >= 0.6 is 11.3 Å². The lowest BCUT2D eigenvalue weighted by Crippen LogP contribution is -2.13. The van der Waals surface area contributed by atoms with Crippen molar-refractivity contribution in [2.45, 2.75) is 6.92 Å². The maximum atomic E-state index is 13.2. The van der Waals surface area contributed by atoms with Gasteiger partial charge in [0.2, 0.25) is 0 Å². The first-order chi connectivity index (χ1) is 16.2. The first kappa shape index (κ1) is 20.9. The normalized spacial score (nSPS) is 11.5. The van der Waals surface area contributed by atoms with Gasteiger partial charge in [-0.15, -0.1) is 11.3 Å². The Hall–Kier alpha value is -4.02. The number of hydrogen-bond donors (Lipinski definition) is 1. The smallest absolute Gasteiger partial charge is 0.256 e. The molecular formula is C29H22N2OS. The topological polar surface area (TPSA) is 42.0 Å². The van der Waals surface area contributed by atoms with Crippen molar-refractivity contribution in [1.29, 1.82) is 0 Å². The summed E-state index contributed by atoms with van der Waals surface area (Å²) < 4.78 is 1.18. The summed E-state index contributed by atoms with van der Waals surface area (Å²) in [6, 6.07) is 33.8. The van der Waals surface area contributed by atoms with Crippen LogP contribution in [0.25, 0.3) is 32.4 Å². The van der Waals surface area contributed by atoms with Crippen LogP contribution in [-0.2, 0) is 4.79 Å². The number of aromatic nitrogens is 1. The molecule has 33 heavy (non-hydrogen) atoms. The number of amides is 1. The minimum absolute atomic E-state index is 0.145. The van der Waals surface area contributed by atoms with E-state index in [9.17, 15) is 4.79 Å². The number of fused-ring (bicyclic) bond motifs is 1. The van der Waals surface area contributed by atoms with Crippen molar-refractivity contribution < 1.29 is 4.79 Å². The van der Waals surface area contributed by atoms with Crippen LogP contribution in [0.2, 0.25) is 0 Å². The summed E-state index contributed by atoms with van der Waals surface area (Å²) in [5, 5.41) is 4.02. The van der Waals surface area contributed by atoms with Gasteiger partial charge in [-0.05, 0) is 66.1 Å². The molecule has 0 saturated heterocycles. The molecule has 3 nitrogen and oxygen atoms in total. The summed E-state index contributed by atoms with van der Waals surface area (Å²) in [4.78, 5) is 18.0. The van der Waals surface area contributed by atoms with Crippen LogP contribution in [-0.4, -0.2) is 10.9 Å². The summed E-state index contributed by atoms with van der Waals surface area (Å²) in [7, 11) is 0. The van der Waals surface area contributed by atoms with Crippen LogP contribution < -0.4 is 5.32 Å². The largest absolute Gasteiger partial charge is 0.322 e. The molecular weight excluding hydrogens is 424 g/mol. The van der Waals surface area contributed by atoms with Crippen LogP contribution in [0.15, 0.2) is 103 Å². The number of carbonyl (C=O) groups is 1. The number of anilines is 1. The van der Waals surface area contributed by atoms with Crippen molar-refractivity contribution in [2.24, 2.45) is 0 Å². The van der Waals surface area contributed by atoms with E-state index >= 15 is 0 Å². The number of thiazole rings is 1. The van der Waals surface area contributed by atoms with Crippen molar-refractivity contribution in [3.05, 3.63) is 120 Å². The molecule has 160 valence electrons. The third-order valence-corrected chi connectivity index (χ3v) is 6.44. The fourth-order valence-electron chi connectivity index (χ4n) is 3.66. The second-order valence-corrected chi connectivity index (χ2v) is 8.89. The predicted molar refractivity (Wildman–Crippen MR) is 139 cm³/mol. The van der Waals surface area contributed by atoms with Crippen molar-refractivity contribution in [2.75, 3.05) is 5.32 Å². The van der Waals surface area contributed by atoms with Gasteiger partial charge < -0.3 is 5.32 Å². The fourth-order valence-corrected chi connectivity index (χ4v) is 4.73. The minimum atomic E-state index is -0.145. The lowest BCUT2D eigenvalue weighted by Gasteiger charge is -2.10. The summed E-state index contributed by atoms with van der Waals surface area (Å²) in [5.74, 6) is -0.145. The van der Waals surface area contributed by atoms with Gasteiger partial charge >= 0.3 is 0 Å². The van der Waals surface area contributed by atoms with Gasteiger partial charge in [-0.25, -0.2) is 4.98 Å². The molecule has 1 N–H and O–H groups in total.